The van der Waals surface area contributed by atoms with Crippen molar-refractivity contribution in [2.45, 2.75) is 19.4 Å². The maximum atomic E-state index is 11.9. The van der Waals surface area contributed by atoms with Gasteiger partial charge < -0.3 is 15.2 Å². The highest BCUT2D eigenvalue weighted by Gasteiger charge is 2.16. The van der Waals surface area contributed by atoms with Gasteiger partial charge in [-0.15, -0.1) is 11.3 Å². The Morgan fingerprint density at radius 3 is 2.85 bits per heavy atom. The second-order valence-corrected chi connectivity index (χ2v) is 5.49. The fourth-order valence-electron chi connectivity index (χ4n) is 1.58. The van der Waals surface area contributed by atoms with E-state index in [-0.39, 0.29) is 18.6 Å². The number of likely N-dealkylation sites (N-methyl/N-ethyl adjacent to an activating group) is 1. The molecule has 1 atom stereocenters. The molecular formula is C13H20N2O4S. The second kappa shape index (κ2) is 7.98. The van der Waals surface area contributed by atoms with Crippen molar-refractivity contribution in [1.82, 2.24) is 4.90 Å². The number of amides is 1. The Bertz CT molecular complexity index is 459. The number of ether oxygens (including phenoxy) is 1. The predicted molar refractivity (Wildman–Crippen MR) is 78.1 cm³/mol. The topological polar surface area (TPSA) is 78.9 Å². The molecule has 112 valence electrons. The van der Waals surface area contributed by atoms with E-state index in [1.54, 1.807) is 25.4 Å². The van der Waals surface area contributed by atoms with E-state index in [4.69, 9.17) is 0 Å². The molecule has 0 aromatic carbocycles. The van der Waals surface area contributed by atoms with Gasteiger partial charge in [0.2, 0.25) is 5.91 Å². The van der Waals surface area contributed by atoms with Crippen LogP contribution in [0.1, 0.15) is 23.0 Å². The molecule has 1 amide bonds. The average molecular weight is 300 g/mol. The van der Waals surface area contributed by atoms with E-state index in [0.717, 1.165) is 0 Å². The van der Waals surface area contributed by atoms with Crippen LogP contribution in [0.15, 0.2) is 11.4 Å². The lowest BCUT2D eigenvalue weighted by Crippen LogP contribution is -2.32. The maximum Gasteiger partial charge on any atom is 0.350 e. The molecule has 20 heavy (non-hydrogen) atoms. The third kappa shape index (κ3) is 5.28. The SMILES string of the molecule is COC(=O)c1sccc1NC(=O)CN(C)CCC(C)O. The molecule has 0 fully saturated rings. The zero-order chi connectivity index (χ0) is 15.1. The highest BCUT2D eigenvalue weighted by atomic mass is 32.1. The van der Waals surface area contributed by atoms with Crippen LogP contribution in [0.4, 0.5) is 5.69 Å². The maximum absolute atomic E-state index is 11.9. The molecule has 0 saturated carbocycles. The molecule has 0 aliphatic rings. The standard InChI is InChI=1S/C13H20N2O4S/c1-9(16)4-6-15(2)8-11(17)14-10-5-7-20-12(10)13(18)19-3/h5,7,9,16H,4,6,8H2,1-3H3,(H,14,17). The van der Waals surface area contributed by atoms with E-state index >= 15 is 0 Å². The Hall–Kier alpha value is -1.44. The Balaban J connectivity index is 2.50. The van der Waals surface area contributed by atoms with Crippen LogP contribution in [0.2, 0.25) is 0 Å². The first-order valence-corrected chi connectivity index (χ1v) is 7.14. The lowest BCUT2D eigenvalue weighted by molar-refractivity contribution is -0.117. The number of aliphatic hydroxyl groups is 1. The molecule has 1 rings (SSSR count). The van der Waals surface area contributed by atoms with Gasteiger partial charge in [-0.3, -0.25) is 9.69 Å². The zero-order valence-corrected chi connectivity index (χ0v) is 12.7. The van der Waals surface area contributed by atoms with Crippen molar-refractivity contribution in [2.75, 3.05) is 32.6 Å². The van der Waals surface area contributed by atoms with Crippen LogP contribution >= 0.6 is 11.3 Å². The molecule has 7 heteroatoms. The number of methoxy groups -OCH3 is 1. The van der Waals surface area contributed by atoms with E-state index in [1.807, 2.05) is 4.90 Å². The summed E-state index contributed by atoms with van der Waals surface area (Å²) in [5.41, 5.74) is 0.468. The highest BCUT2D eigenvalue weighted by molar-refractivity contribution is 7.12. The van der Waals surface area contributed by atoms with Gasteiger partial charge in [0.1, 0.15) is 4.88 Å². The Morgan fingerprint density at radius 1 is 1.55 bits per heavy atom. The van der Waals surface area contributed by atoms with Crippen molar-refractivity contribution in [1.29, 1.82) is 0 Å². The smallest absolute Gasteiger partial charge is 0.350 e. The van der Waals surface area contributed by atoms with Crippen LogP contribution < -0.4 is 5.32 Å². The monoisotopic (exact) mass is 300 g/mol. The largest absolute Gasteiger partial charge is 0.465 e. The van der Waals surface area contributed by atoms with Gasteiger partial charge in [-0.1, -0.05) is 0 Å². The van der Waals surface area contributed by atoms with Crippen molar-refractivity contribution >= 4 is 28.9 Å². The first-order valence-electron chi connectivity index (χ1n) is 6.26. The Kier molecular flexibility index (Phi) is 6.63. The van der Waals surface area contributed by atoms with Crippen molar-refractivity contribution in [2.24, 2.45) is 0 Å². The van der Waals surface area contributed by atoms with E-state index in [1.165, 1.54) is 18.4 Å². The Morgan fingerprint density at radius 2 is 2.25 bits per heavy atom. The summed E-state index contributed by atoms with van der Waals surface area (Å²) in [6.45, 7) is 2.53. The van der Waals surface area contributed by atoms with E-state index < -0.39 is 5.97 Å². The van der Waals surface area contributed by atoms with Crippen molar-refractivity contribution in [3.63, 3.8) is 0 Å². The molecular weight excluding hydrogens is 280 g/mol. The molecule has 2 N–H and O–H groups in total. The van der Waals surface area contributed by atoms with Crippen molar-refractivity contribution in [3.05, 3.63) is 16.3 Å². The van der Waals surface area contributed by atoms with Crippen molar-refractivity contribution in [3.8, 4) is 0 Å². The average Bonchev–Trinajstić information content (AvgIpc) is 2.83. The number of aliphatic hydroxyl groups excluding tert-OH is 1. The quantitative estimate of drug-likeness (QED) is 0.739. The summed E-state index contributed by atoms with van der Waals surface area (Å²) < 4.78 is 4.64. The van der Waals surface area contributed by atoms with Gasteiger partial charge in [0.25, 0.3) is 0 Å². The van der Waals surface area contributed by atoms with Crippen LogP contribution in [0.5, 0.6) is 0 Å². The van der Waals surface area contributed by atoms with E-state index in [9.17, 15) is 14.7 Å². The van der Waals surface area contributed by atoms with Crippen molar-refractivity contribution < 1.29 is 19.4 Å². The fraction of sp³-hybridized carbons (Fsp3) is 0.538. The zero-order valence-electron chi connectivity index (χ0n) is 11.9. The Labute approximate surface area is 122 Å². The number of nitrogens with zero attached hydrogens (tertiary/aromatic N) is 1. The van der Waals surface area contributed by atoms with Crippen LogP contribution in [0, 0.1) is 0 Å². The summed E-state index contributed by atoms with van der Waals surface area (Å²) in [5.74, 6) is -0.667. The van der Waals surface area contributed by atoms with Gasteiger partial charge in [0, 0.05) is 6.54 Å². The number of hydrogen-bond donors (Lipinski definition) is 2. The van der Waals surface area contributed by atoms with Crippen LogP contribution in [0.25, 0.3) is 0 Å². The third-order valence-corrected chi connectivity index (χ3v) is 3.55. The molecule has 0 saturated heterocycles. The second-order valence-electron chi connectivity index (χ2n) is 4.58. The summed E-state index contributed by atoms with van der Waals surface area (Å²) in [7, 11) is 3.11. The molecule has 6 nitrogen and oxygen atoms in total. The van der Waals surface area contributed by atoms with Gasteiger partial charge >= 0.3 is 5.97 Å². The van der Waals surface area contributed by atoms with Crippen LogP contribution in [-0.4, -0.2) is 55.2 Å². The number of carbonyl (C=O) groups is 2. The van der Waals surface area contributed by atoms with E-state index in [2.05, 4.69) is 10.1 Å². The summed E-state index contributed by atoms with van der Waals surface area (Å²) in [4.78, 5) is 25.5. The molecule has 0 spiro atoms. The summed E-state index contributed by atoms with van der Waals surface area (Å²) in [5, 5.41) is 13.6. The molecule has 1 unspecified atom stereocenters. The first kappa shape index (κ1) is 16.6. The number of rotatable bonds is 7. The number of carbonyl (C=O) groups excluding carboxylic acids is 2. The van der Waals surface area contributed by atoms with Gasteiger partial charge in [-0.05, 0) is 31.8 Å². The summed E-state index contributed by atoms with van der Waals surface area (Å²) >= 11 is 1.22. The van der Waals surface area contributed by atoms with Crippen LogP contribution in [0.3, 0.4) is 0 Å². The fourth-order valence-corrected chi connectivity index (χ4v) is 2.35. The van der Waals surface area contributed by atoms with Gasteiger partial charge in [-0.25, -0.2) is 4.79 Å². The van der Waals surface area contributed by atoms with Gasteiger partial charge in [0.15, 0.2) is 0 Å². The molecule has 0 aliphatic heterocycles. The van der Waals surface area contributed by atoms with Crippen LogP contribution in [-0.2, 0) is 9.53 Å². The summed E-state index contributed by atoms with van der Waals surface area (Å²) in [6.07, 6.45) is 0.221. The molecule has 0 aliphatic carbocycles. The summed E-state index contributed by atoms with van der Waals surface area (Å²) in [6, 6.07) is 1.67. The number of esters is 1. The normalized spacial score (nSPS) is 12.2. The molecule has 0 bridgehead atoms. The minimum absolute atomic E-state index is 0.198. The third-order valence-electron chi connectivity index (χ3n) is 2.65. The minimum atomic E-state index is -0.460. The molecule has 0 radical (unpaired) electrons. The van der Waals surface area contributed by atoms with Gasteiger partial charge in [0.05, 0.1) is 25.4 Å². The number of nitrogens with one attached hydrogen (secondary N) is 1. The lowest BCUT2D eigenvalue weighted by atomic mass is 10.3. The van der Waals surface area contributed by atoms with Gasteiger partial charge in [-0.2, -0.15) is 0 Å². The lowest BCUT2D eigenvalue weighted by Gasteiger charge is -2.17. The molecule has 1 heterocycles. The number of anilines is 1. The molecule has 1 aromatic heterocycles. The predicted octanol–water partition coefficient (Wildman–Crippen LogP) is 1.18. The van der Waals surface area contributed by atoms with E-state index in [0.29, 0.717) is 23.5 Å². The minimum Gasteiger partial charge on any atom is -0.465 e. The number of hydrogen-bond acceptors (Lipinski definition) is 6. The number of thiophene rings is 1. The molecule has 1 aromatic rings. The highest BCUT2D eigenvalue weighted by Crippen LogP contribution is 2.22. The first-order chi connectivity index (χ1) is 9.43.